The Bertz CT molecular complexity index is 572. The van der Waals surface area contributed by atoms with Gasteiger partial charge in [-0.25, -0.2) is 9.67 Å². The summed E-state index contributed by atoms with van der Waals surface area (Å²) in [6.07, 6.45) is 0.386. The van der Waals surface area contributed by atoms with E-state index in [9.17, 15) is 4.79 Å². The van der Waals surface area contributed by atoms with Crippen LogP contribution in [-0.4, -0.2) is 20.7 Å². The molecule has 0 bridgehead atoms. The summed E-state index contributed by atoms with van der Waals surface area (Å²) >= 11 is 0. The molecule has 1 heterocycles. The standard InChI is InChI=1S/C14H18N4O/c1-10-4-6-13(7-5-10)16-14(19)8-9-18-12(3)15-11(2)17-18/h4-7H,8-9H2,1-3H3,(H,16,19). The molecular weight excluding hydrogens is 240 g/mol. The second-order valence-electron chi connectivity index (χ2n) is 4.59. The van der Waals surface area contributed by atoms with E-state index in [1.54, 1.807) is 4.68 Å². The first kappa shape index (κ1) is 13.3. The van der Waals surface area contributed by atoms with Crippen LogP contribution in [0.25, 0.3) is 0 Å². The SMILES string of the molecule is Cc1ccc(NC(=O)CCn2nc(C)nc2C)cc1. The van der Waals surface area contributed by atoms with Crippen LogP contribution < -0.4 is 5.32 Å². The Morgan fingerprint density at radius 3 is 2.47 bits per heavy atom. The molecule has 100 valence electrons. The number of hydrogen-bond donors (Lipinski definition) is 1. The van der Waals surface area contributed by atoms with E-state index in [1.807, 2.05) is 45.0 Å². The lowest BCUT2D eigenvalue weighted by Crippen LogP contribution is -2.15. The minimum atomic E-state index is -0.0172. The third-order valence-corrected chi connectivity index (χ3v) is 2.85. The minimum absolute atomic E-state index is 0.0172. The Morgan fingerprint density at radius 1 is 1.21 bits per heavy atom. The number of benzene rings is 1. The summed E-state index contributed by atoms with van der Waals surface area (Å²) in [5.41, 5.74) is 1.99. The van der Waals surface area contributed by atoms with E-state index in [2.05, 4.69) is 15.4 Å². The average molecular weight is 258 g/mol. The van der Waals surface area contributed by atoms with Gasteiger partial charge in [0.05, 0.1) is 6.54 Å². The summed E-state index contributed by atoms with van der Waals surface area (Å²) in [7, 11) is 0. The van der Waals surface area contributed by atoms with Crippen LogP contribution in [0.5, 0.6) is 0 Å². The highest BCUT2D eigenvalue weighted by Gasteiger charge is 2.06. The summed E-state index contributed by atoms with van der Waals surface area (Å²) in [5, 5.41) is 7.09. The van der Waals surface area contributed by atoms with Crippen LogP contribution in [-0.2, 0) is 11.3 Å². The van der Waals surface area contributed by atoms with E-state index in [-0.39, 0.29) is 5.91 Å². The molecule has 0 aliphatic carbocycles. The number of rotatable bonds is 4. The van der Waals surface area contributed by atoms with E-state index in [1.165, 1.54) is 5.56 Å². The molecule has 1 N–H and O–H groups in total. The van der Waals surface area contributed by atoms with Gasteiger partial charge in [-0.3, -0.25) is 4.79 Å². The van der Waals surface area contributed by atoms with Crippen LogP contribution in [0.2, 0.25) is 0 Å². The summed E-state index contributed by atoms with van der Waals surface area (Å²) in [4.78, 5) is 16.0. The van der Waals surface area contributed by atoms with Crippen LogP contribution in [0.3, 0.4) is 0 Å². The lowest BCUT2D eigenvalue weighted by Gasteiger charge is -2.06. The number of carbonyl (C=O) groups excluding carboxylic acids is 1. The predicted octanol–water partition coefficient (Wildman–Crippen LogP) is 2.23. The maximum atomic E-state index is 11.8. The number of carbonyl (C=O) groups is 1. The monoisotopic (exact) mass is 258 g/mol. The topological polar surface area (TPSA) is 59.8 Å². The van der Waals surface area contributed by atoms with E-state index >= 15 is 0 Å². The van der Waals surface area contributed by atoms with Gasteiger partial charge in [-0.2, -0.15) is 5.10 Å². The maximum absolute atomic E-state index is 11.8. The fourth-order valence-electron chi connectivity index (χ4n) is 1.84. The molecule has 1 aromatic heterocycles. The molecule has 5 nitrogen and oxygen atoms in total. The molecule has 5 heteroatoms. The Kier molecular flexibility index (Phi) is 3.94. The molecule has 1 amide bonds. The molecule has 2 rings (SSSR count). The fraction of sp³-hybridized carbons (Fsp3) is 0.357. The van der Waals surface area contributed by atoms with E-state index in [4.69, 9.17) is 0 Å². The van der Waals surface area contributed by atoms with E-state index < -0.39 is 0 Å². The van der Waals surface area contributed by atoms with Crippen molar-refractivity contribution >= 4 is 11.6 Å². The van der Waals surface area contributed by atoms with Crippen LogP contribution in [0.1, 0.15) is 23.6 Å². The zero-order valence-corrected chi connectivity index (χ0v) is 11.5. The molecule has 0 radical (unpaired) electrons. The third kappa shape index (κ3) is 3.64. The van der Waals surface area contributed by atoms with Gasteiger partial charge in [0.25, 0.3) is 0 Å². The van der Waals surface area contributed by atoms with Gasteiger partial charge in [0, 0.05) is 12.1 Å². The normalized spacial score (nSPS) is 10.5. The quantitative estimate of drug-likeness (QED) is 0.914. The molecule has 0 aliphatic heterocycles. The molecule has 0 atom stereocenters. The molecule has 0 saturated carbocycles. The largest absolute Gasteiger partial charge is 0.326 e. The van der Waals surface area contributed by atoms with Gasteiger partial charge < -0.3 is 5.32 Å². The van der Waals surface area contributed by atoms with Gasteiger partial charge in [0.15, 0.2) is 0 Å². The number of aromatic nitrogens is 3. The smallest absolute Gasteiger partial charge is 0.226 e. The molecule has 1 aromatic carbocycles. The van der Waals surface area contributed by atoms with Gasteiger partial charge in [-0.15, -0.1) is 0 Å². The Hall–Kier alpha value is -2.17. The van der Waals surface area contributed by atoms with Crippen LogP contribution >= 0.6 is 0 Å². The summed E-state index contributed by atoms with van der Waals surface area (Å²) in [5.74, 6) is 1.55. The van der Waals surface area contributed by atoms with Gasteiger partial charge >= 0.3 is 0 Å². The molecule has 0 saturated heterocycles. The number of nitrogens with zero attached hydrogens (tertiary/aromatic N) is 3. The van der Waals surface area contributed by atoms with Crippen molar-refractivity contribution in [3.05, 3.63) is 41.5 Å². The molecule has 19 heavy (non-hydrogen) atoms. The van der Waals surface area contributed by atoms with Crippen molar-refractivity contribution in [1.82, 2.24) is 14.8 Å². The second-order valence-corrected chi connectivity index (χ2v) is 4.59. The average Bonchev–Trinajstić information content (AvgIpc) is 2.68. The van der Waals surface area contributed by atoms with Gasteiger partial charge in [-0.1, -0.05) is 17.7 Å². The molecular formula is C14H18N4O. The highest BCUT2D eigenvalue weighted by atomic mass is 16.1. The van der Waals surface area contributed by atoms with Gasteiger partial charge in [-0.05, 0) is 32.9 Å². The van der Waals surface area contributed by atoms with Crippen molar-refractivity contribution in [2.24, 2.45) is 0 Å². The molecule has 0 fully saturated rings. The second kappa shape index (κ2) is 5.65. The van der Waals surface area contributed by atoms with Gasteiger partial charge in [0.2, 0.25) is 5.91 Å². The Balaban J connectivity index is 1.88. The summed E-state index contributed by atoms with van der Waals surface area (Å²) in [6.45, 7) is 6.29. The summed E-state index contributed by atoms with van der Waals surface area (Å²) in [6, 6.07) is 7.75. The van der Waals surface area contributed by atoms with Gasteiger partial charge in [0.1, 0.15) is 11.6 Å². The van der Waals surface area contributed by atoms with E-state index in [0.717, 1.165) is 17.3 Å². The molecule has 2 aromatic rings. The first-order chi connectivity index (χ1) is 9.04. The highest BCUT2D eigenvalue weighted by molar-refractivity contribution is 5.90. The van der Waals surface area contributed by atoms with Crippen molar-refractivity contribution in [2.75, 3.05) is 5.32 Å². The number of amides is 1. The number of anilines is 1. The highest BCUT2D eigenvalue weighted by Crippen LogP contribution is 2.09. The number of nitrogens with one attached hydrogen (secondary N) is 1. The molecule has 0 spiro atoms. The number of hydrogen-bond acceptors (Lipinski definition) is 3. The predicted molar refractivity (Wildman–Crippen MR) is 73.9 cm³/mol. The lowest BCUT2D eigenvalue weighted by atomic mass is 10.2. The van der Waals surface area contributed by atoms with Crippen molar-refractivity contribution in [2.45, 2.75) is 33.7 Å². The van der Waals surface area contributed by atoms with Crippen molar-refractivity contribution in [3.63, 3.8) is 0 Å². The third-order valence-electron chi connectivity index (χ3n) is 2.85. The first-order valence-corrected chi connectivity index (χ1v) is 6.29. The fourth-order valence-corrected chi connectivity index (χ4v) is 1.84. The zero-order chi connectivity index (χ0) is 13.8. The molecule has 0 unspecified atom stereocenters. The lowest BCUT2D eigenvalue weighted by molar-refractivity contribution is -0.116. The zero-order valence-electron chi connectivity index (χ0n) is 11.5. The van der Waals surface area contributed by atoms with Crippen LogP contribution in [0.15, 0.2) is 24.3 Å². The van der Waals surface area contributed by atoms with Crippen molar-refractivity contribution in [1.29, 1.82) is 0 Å². The van der Waals surface area contributed by atoms with Crippen LogP contribution in [0, 0.1) is 20.8 Å². The summed E-state index contributed by atoms with van der Waals surface area (Å²) < 4.78 is 1.75. The van der Waals surface area contributed by atoms with Crippen molar-refractivity contribution in [3.8, 4) is 0 Å². The Labute approximate surface area is 112 Å². The Morgan fingerprint density at radius 2 is 1.89 bits per heavy atom. The minimum Gasteiger partial charge on any atom is -0.326 e. The van der Waals surface area contributed by atoms with Crippen molar-refractivity contribution < 1.29 is 4.79 Å². The maximum Gasteiger partial charge on any atom is 0.226 e. The molecule has 0 aliphatic rings. The number of aryl methyl sites for hydroxylation is 4. The van der Waals surface area contributed by atoms with Crippen LogP contribution in [0.4, 0.5) is 5.69 Å². The van der Waals surface area contributed by atoms with E-state index in [0.29, 0.717) is 13.0 Å². The first-order valence-electron chi connectivity index (χ1n) is 6.29.